The van der Waals surface area contributed by atoms with E-state index < -0.39 is 0 Å². The maximum Gasteiger partial charge on any atom is 0.148 e. The minimum atomic E-state index is -0.204. The third-order valence-corrected chi connectivity index (χ3v) is 3.62. The predicted molar refractivity (Wildman–Crippen MR) is 97.7 cm³/mol. The third kappa shape index (κ3) is 4.45. The van der Waals surface area contributed by atoms with E-state index in [0.29, 0.717) is 10.6 Å². The Bertz CT molecular complexity index is 920. The van der Waals surface area contributed by atoms with Gasteiger partial charge in [0.25, 0.3) is 0 Å². The van der Waals surface area contributed by atoms with Crippen LogP contribution in [0.3, 0.4) is 0 Å². The van der Waals surface area contributed by atoms with Crippen molar-refractivity contribution in [3.63, 3.8) is 0 Å². The van der Waals surface area contributed by atoms with Crippen molar-refractivity contribution in [2.75, 3.05) is 12.1 Å². The van der Waals surface area contributed by atoms with Gasteiger partial charge in [0.1, 0.15) is 23.8 Å². The number of nitriles is 3. The van der Waals surface area contributed by atoms with Crippen LogP contribution in [0.5, 0.6) is 0 Å². The minimum Gasteiger partial charge on any atom is -0.269 e. The molecule has 6 heteroatoms. The molecule has 0 aliphatic heterocycles. The van der Waals surface area contributed by atoms with Gasteiger partial charge >= 0.3 is 0 Å². The molecule has 0 saturated carbocycles. The standard InChI is InChI=1S/C19H12ClN5/c1-25(24-13-14-2-6-17(20)7-3-14)18-8-4-15(5-9-18)19(12-23)16(10-21)11-22/h2-9,13H,1H3/b24-13+. The molecule has 2 aromatic carbocycles. The molecule has 0 bridgehead atoms. The van der Waals surface area contributed by atoms with Gasteiger partial charge in [0.2, 0.25) is 0 Å². The number of benzene rings is 2. The first-order valence-electron chi connectivity index (χ1n) is 7.17. The van der Waals surface area contributed by atoms with E-state index in [4.69, 9.17) is 27.4 Å². The summed E-state index contributed by atoms with van der Waals surface area (Å²) in [4.78, 5) is 0. The summed E-state index contributed by atoms with van der Waals surface area (Å²) in [7, 11) is 1.79. The maximum absolute atomic E-state index is 9.17. The van der Waals surface area contributed by atoms with Crippen molar-refractivity contribution in [1.29, 1.82) is 15.8 Å². The molecule has 120 valence electrons. The minimum absolute atomic E-state index is 0.0591. The zero-order valence-corrected chi connectivity index (χ0v) is 14.1. The van der Waals surface area contributed by atoms with Crippen molar-refractivity contribution in [3.05, 3.63) is 70.3 Å². The van der Waals surface area contributed by atoms with Crippen LogP contribution in [0.15, 0.2) is 59.2 Å². The van der Waals surface area contributed by atoms with Crippen LogP contribution < -0.4 is 5.01 Å². The number of hydrazone groups is 1. The highest BCUT2D eigenvalue weighted by atomic mass is 35.5. The second-order valence-electron chi connectivity index (χ2n) is 4.95. The fourth-order valence-electron chi connectivity index (χ4n) is 2.01. The third-order valence-electron chi connectivity index (χ3n) is 3.37. The van der Waals surface area contributed by atoms with E-state index in [9.17, 15) is 0 Å². The Balaban J connectivity index is 2.21. The maximum atomic E-state index is 9.17. The lowest BCUT2D eigenvalue weighted by molar-refractivity contribution is 1.02. The van der Waals surface area contributed by atoms with Crippen molar-refractivity contribution >= 4 is 29.1 Å². The molecule has 5 nitrogen and oxygen atoms in total. The molecule has 2 rings (SSSR count). The number of hydrogen-bond donors (Lipinski definition) is 0. The van der Waals surface area contributed by atoms with Crippen molar-refractivity contribution in [2.24, 2.45) is 5.10 Å². The Morgan fingerprint density at radius 3 is 2.08 bits per heavy atom. The molecule has 0 aliphatic carbocycles. The number of halogens is 1. The van der Waals surface area contributed by atoms with Crippen molar-refractivity contribution < 1.29 is 0 Å². The lowest BCUT2D eigenvalue weighted by Crippen LogP contribution is -2.08. The predicted octanol–water partition coefficient (Wildman–Crippen LogP) is 4.13. The average molecular weight is 346 g/mol. The van der Waals surface area contributed by atoms with Crippen LogP contribution in [0.2, 0.25) is 5.02 Å². The van der Waals surface area contributed by atoms with Gasteiger partial charge in [0.15, 0.2) is 0 Å². The topological polar surface area (TPSA) is 87.0 Å². The highest BCUT2D eigenvalue weighted by molar-refractivity contribution is 6.30. The molecule has 0 radical (unpaired) electrons. The molecule has 25 heavy (non-hydrogen) atoms. The van der Waals surface area contributed by atoms with Gasteiger partial charge in [-0.1, -0.05) is 35.9 Å². The summed E-state index contributed by atoms with van der Waals surface area (Å²) in [6.45, 7) is 0. The van der Waals surface area contributed by atoms with Gasteiger partial charge in [-0.25, -0.2) is 0 Å². The van der Waals surface area contributed by atoms with Gasteiger partial charge in [-0.05, 0) is 35.4 Å². The van der Waals surface area contributed by atoms with Crippen molar-refractivity contribution in [3.8, 4) is 18.2 Å². The summed E-state index contributed by atoms with van der Waals surface area (Å²) in [5, 5.41) is 33.7. The lowest BCUT2D eigenvalue weighted by Gasteiger charge is -2.13. The van der Waals surface area contributed by atoms with Gasteiger partial charge < -0.3 is 0 Å². The van der Waals surface area contributed by atoms with E-state index in [1.807, 2.05) is 18.2 Å². The summed E-state index contributed by atoms with van der Waals surface area (Å²) in [6, 6.07) is 19.5. The number of anilines is 1. The van der Waals surface area contributed by atoms with E-state index in [0.717, 1.165) is 11.3 Å². The molecule has 0 saturated heterocycles. The van der Waals surface area contributed by atoms with Gasteiger partial charge in [-0.15, -0.1) is 0 Å². The molecule has 0 atom stereocenters. The SMILES string of the molecule is CN(/N=C/c1ccc(Cl)cc1)c1ccc(C(C#N)=C(C#N)C#N)cc1. The zero-order valence-electron chi connectivity index (χ0n) is 13.3. The number of nitrogens with zero attached hydrogens (tertiary/aromatic N) is 5. The molecule has 0 fully saturated rings. The van der Waals surface area contributed by atoms with Gasteiger partial charge in [-0.2, -0.15) is 20.9 Å². The van der Waals surface area contributed by atoms with Crippen molar-refractivity contribution in [2.45, 2.75) is 0 Å². The monoisotopic (exact) mass is 345 g/mol. The number of allylic oxidation sites excluding steroid dienone is 2. The zero-order chi connectivity index (χ0) is 18.2. The Labute approximate surface area is 150 Å². The molecular weight excluding hydrogens is 334 g/mol. The fraction of sp³-hybridized carbons (Fsp3) is 0.0526. The lowest BCUT2D eigenvalue weighted by atomic mass is 10.0. The van der Waals surface area contributed by atoms with E-state index >= 15 is 0 Å². The van der Waals surface area contributed by atoms with Crippen LogP contribution in [0, 0.1) is 34.0 Å². The van der Waals surface area contributed by atoms with Crippen LogP contribution in [0.1, 0.15) is 11.1 Å². The number of hydrogen-bond acceptors (Lipinski definition) is 5. The summed E-state index contributed by atoms with van der Waals surface area (Å²) in [5.74, 6) is 0. The summed E-state index contributed by atoms with van der Waals surface area (Å²) in [5.41, 5.74) is 2.07. The molecule has 0 N–H and O–H groups in total. The number of rotatable bonds is 4. The van der Waals surface area contributed by atoms with E-state index in [2.05, 4.69) is 5.10 Å². The first kappa shape index (κ1) is 17.8. The first-order valence-corrected chi connectivity index (χ1v) is 7.55. The highest BCUT2D eigenvalue weighted by Crippen LogP contribution is 2.21. The molecular formula is C19H12ClN5. The summed E-state index contributed by atoms with van der Waals surface area (Å²) >= 11 is 5.84. The van der Waals surface area contributed by atoms with Crippen LogP contribution in [-0.4, -0.2) is 13.3 Å². The molecule has 2 aromatic rings. The second-order valence-corrected chi connectivity index (χ2v) is 5.39. The Morgan fingerprint density at radius 1 is 0.960 bits per heavy atom. The molecule has 0 aliphatic rings. The quantitative estimate of drug-likeness (QED) is 0.473. The van der Waals surface area contributed by atoms with Crippen LogP contribution in [0.4, 0.5) is 5.69 Å². The van der Waals surface area contributed by atoms with Gasteiger partial charge in [-0.3, -0.25) is 5.01 Å². The largest absolute Gasteiger partial charge is 0.269 e. The second kappa shape index (κ2) is 8.31. The smallest absolute Gasteiger partial charge is 0.148 e. The Hall–Kier alpha value is -3.59. The molecule has 0 aromatic heterocycles. The first-order chi connectivity index (χ1) is 12.1. The van der Waals surface area contributed by atoms with Gasteiger partial charge in [0.05, 0.1) is 17.5 Å². The molecule has 0 heterocycles. The van der Waals surface area contributed by atoms with Gasteiger partial charge in [0, 0.05) is 12.1 Å². The fourth-order valence-corrected chi connectivity index (χ4v) is 2.14. The summed E-state index contributed by atoms with van der Waals surface area (Å²) < 4.78 is 0. The molecule has 0 spiro atoms. The Morgan fingerprint density at radius 2 is 1.56 bits per heavy atom. The molecule has 0 unspecified atom stereocenters. The Kier molecular flexibility index (Phi) is 5.91. The van der Waals surface area contributed by atoms with Crippen LogP contribution in [-0.2, 0) is 0 Å². The van der Waals surface area contributed by atoms with Crippen molar-refractivity contribution in [1.82, 2.24) is 0 Å². The normalized spacial score (nSPS) is 9.72. The highest BCUT2D eigenvalue weighted by Gasteiger charge is 2.09. The van der Waals surface area contributed by atoms with Crippen LogP contribution in [0.25, 0.3) is 5.57 Å². The van der Waals surface area contributed by atoms with E-state index in [1.54, 1.807) is 66.8 Å². The summed E-state index contributed by atoms with van der Waals surface area (Å²) in [6.07, 6.45) is 1.70. The van der Waals surface area contributed by atoms with E-state index in [-0.39, 0.29) is 11.1 Å². The molecule has 0 amide bonds. The van der Waals surface area contributed by atoms with E-state index in [1.165, 1.54) is 0 Å². The van der Waals surface area contributed by atoms with Crippen LogP contribution >= 0.6 is 11.6 Å². The average Bonchev–Trinajstić information content (AvgIpc) is 2.65.